The summed E-state index contributed by atoms with van der Waals surface area (Å²) in [5.74, 6) is -0.901. The van der Waals surface area contributed by atoms with Crippen LogP contribution in [0.2, 0.25) is 5.02 Å². The fourth-order valence-corrected chi connectivity index (χ4v) is 2.83. The van der Waals surface area contributed by atoms with E-state index in [1.165, 1.54) is 10.6 Å². The normalized spacial score (nSPS) is 12.0. The molecule has 0 fully saturated rings. The monoisotopic (exact) mass is 349 g/mol. The zero-order chi connectivity index (χ0) is 17.3. The van der Waals surface area contributed by atoms with Crippen LogP contribution in [0.3, 0.4) is 0 Å². The molecule has 0 saturated carbocycles. The Morgan fingerprint density at radius 3 is 2.92 bits per heavy atom. The third-order valence-corrected chi connectivity index (χ3v) is 4.24. The summed E-state index contributed by atoms with van der Waals surface area (Å²) in [5, 5.41) is 3.33. The fraction of sp³-hybridized carbons (Fsp3) is 0.294. The molecule has 1 aromatic carbocycles. The van der Waals surface area contributed by atoms with Crippen molar-refractivity contribution < 1.29 is 8.81 Å². The van der Waals surface area contributed by atoms with Gasteiger partial charge in [0, 0.05) is 30.4 Å². The number of nitrogens with zero attached hydrogens (tertiary/aromatic N) is 2. The van der Waals surface area contributed by atoms with Crippen LogP contribution in [-0.4, -0.2) is 16.1 Å². The molecule has 0 unspecified atom stereocenters. The van der Waals surface area contributed by atoms with Crippen LogP contribution in [0.4, 0.5) is 4.39 Å². The van der Waals surface area contributed by atoms with Gasteiger partial charge < -0.3 is 9.73 Å². The van der Waals surface area contributed by atoms with Crippen LogP contribution < -0.4 is 11.1 Å². The highest BCUT2D eigenvalue weighted by Crippen LogP contribution is 2.27. The Bertz CT molecular complexity index is 933. The third-order valence-electron chi connectivity index (χ3n) is 3.95. The largest absolute Gasteiger partial charge is 0.421 e. The third kappa shape index (κ3) is 3.07. The van der Waals surface area contributed by atoms with E-state index in [1.54, 1.807) is 30.5 Å². The summed E-state index contributed by atoms with van der Waals surface area (Å²) >= 11 is 5.85. The molecule has 0 bridgehead atoms. The lowest BCUT2D eigenvalue weighted by Crippen LogP contribution is -2.40. The van der Waals surface area contributed by atoms with Crippen LogP contribution in [-0.2, 0) is 12.1 Å². The van der Waals surface area contributed by atoms with Crippen LogP contribution in [0.15, 0.2) is 45.7 Å². The molecular formula is C17H17ClFN3O2. The van der Waals surface area contributed by atoms with Crippen LogP contribution in [0.25, 0.3) is 11.2 Å². The lowest BCUT2D eigenvalue weighted by molar-refractivity contribution is 0.371. The molecule has 1 N–H and O–H groups in total. The van der Waals surface area contributed by atoms with Crippen molar-refractivity contribution in [2.75, 3.05) is 6.54 Å². The van der Waals surface area contributed by atoms with Crippen LogP contribution in [0, 0.1) is 5.82 Å². The van der Waals surface area contributed by atoms with E-state index in [0.29, 0.717) is 29.9 Å². The lowest BCUT2D eigenvalue weighted by Gasteiger charge is -2.27. The first kappa shape index (κ1) is 16.7. The predicted octanol–water partition coefficient (Wildman–Crippen LogP) is 3.31. The first-order chi connectivity index (χ1) is 11.4. The minimum absolute atomic E-state index is 0.0867. The number of pyridine rings is 1. The van der Waals surface area contributed by atoms with E-state index in [-0.39, 0.29) is 5.02 Å². The number of fused-ring (bicyclic) bond motifs is 1. The van der Waals surface area contributed by atoms with E-state index in [1.807, 2.05) is 13.8 Å². The standard InChI is InChI=1S/C17H17ClFN3O2/c1-17(2,11-5-3-6-12(18)14(11)19)21-9-10-22-15-13(24-16(22)23)7-4-8-20-15/h3-8,21H,9-10H2,1-2H3. The Kier molecular flexibility index (Phi) is 4.43. The average molecular weight is 350 g/mol. The number of aromatic nitrogens is 2. The van der Waals surface area contributed by atoms with Crippen molar-refractivity contribution in [1.29, 1.82) is 0 Å². The lowest BCUT2D eigenvalue weighted by atomic mass is 9.93. The predicted molar refractivity (Wildman–Crippen MR) is 90.7 cm³/mol. The summed E-state index contributed by atoms with van der Waals surface area (Å²) in [6.07, 6.45) is 1.60. The van der Waals surface area contributed by atoms with Crippen LogP contribution >= 0.6 is 11.6 Å². The molecule has 3 rings (SSSR count). The maximum Gasteiger partial charge on any atom is 0.421 e. The van der Waals surface area contributed by atoms with Gasteiger partial charge in [0.15, 0.2) is 11.2 Å². The first-order valence-electron chi connectivity index (χ1n) is 7.54. The molecule has 0 amide bonds. The molecule has 24 heavy (non-hydrogen) atoms. The van der Waals surface area contributed by atoms with Gasteiger partial charge in [-0.15, -0.1) is 0 Å². The Morgan fingerprint density at radius 1 is 1.33 bits per heavy atom. The second-order valence-corrected chi connectivity index (χ2v) is 6.41. The molecule has 2 aromatic heterocycles. The first-order valence-corrected chi connectivity index (χ1v) is 7.92. The molecule has 0 aliphatic heterocycles. The van der Waals surface area contributed by atoms with E-state index in [0.717, 1.165) is 0 Å². The van der Waals surface area contributed by atoms with Gasteiger partial charge in [-0.05, 0) is 32.0 Å². The number of benzene rings is 1. The van der Waals surface area contributed by atoms with E-state index in [9.17, 15) is 9.18 Å². The van der Waals surface area contributed by atoms with Gasteiger partial charge >= 0.3 is 5.76 Å². The second-order valence-electron chi connectivity index (χ2n) is 6.00. The van der Waals surface area contributed by atoms with E-state index >= 15 is 0 Å². The summed E-state index contributed by atoms with van der Waals surface area (Å²) in [5.41, 5.74) is 0.766. The zero-order valence-corrected chi connectivity index (χ0v) is 14.1. The van der Waals surface area contributed by atoms with Crippen LogP contribution in [0.5, 0.6) is 0 Å². The van der Waals surface area contributed by atoms with Crippen molar-refractivity contribution in [3.63, 3.8) is 0 Å². The highest BCUT2D eigenvalue weighted by Gasteiger charge is 2.24. The Balaban J connectivity index is 1.76. The molecule has 0 radical (unpaired) electrons. The molecule has 0 aliphatic carbocycles. The van der Waals surface area contributed by atoms with Crippen molar-refractivity contribution in [3.8, 4) is 0 Å². The Morgan fingerprint density at radius 2 is 2.12 bits per heavy atom. The molecule has 0 saturated heterocycles. The quantitative estimate of drug-likeness (QED) is 0.767. The van der Waals surface area contributed by atoms with Gasteiger partial charge in [-0.25, -0.2) is 14.2 Å². The minimum atomic E-state index is -0.647. The molecule has 0 spiro atoms. The summed E-state index contributed by atoms with van der Waals surface area (Å²) in [6.45, 7) is 4.50. The second kappa shape index (κ2) is 6.37. The summed E-state index contributed by atoms with van der Waals surface area (Å²) in [6, 6.07) is 8.31. The highest BCUT2D eigenvalue weighted by molar-refractivity contribution is 6.30. The van der Waals surface area contributed by atoms with E-state index in [2.05, 4.69) is 10.3 Å². The number of rotatable bonds is 5. The SMILES string of the molecule is CC(C)(NCCn1c(=O)oc2cccnc21)c1cccc(Cl)c1F. The molecule has 5 nitrogen and oxygen atoms in total. The van der Waals surface area contributed by atoms with Gasteiger partial charge in [-0.1, -0.05) is 23.7 Å². The van der Waals surface area contributed by atoms with Crippen molar-refractivity contribution in [3.05, 3.63) is 63.5 Å². The van der Waals surface area contributed by atoms with Crippen molar-refractivity contribution in [2.45, 2.75) is 25.9 Å². The fourth-order valence-electron chi connectivity index (χ4n) is 2.66. The molecule has 2 heterocycles. The Hall–Kier alpha value is -2.18. The number of hydrogen-bond donors (Lipinski definition) is 1. The molecule has 0 atom stereocenters. The molecule has 7 heteroatoms. The molecular weight excluding hydrogens is 333 g/mol. The molecule has 3 aromatic rings. The van der Waals surface area contributed by atoms with E-state index in [4.69, 9.17) is 16.0 Å². The molecule has 126 valence electrons. The van der Waals surface area contributed by atoms with Gasteiger partial charge in [0.1, 0.15) is 5.82 Å². The van der Waals surface area contributed by atoms with Gasteiger partial charge in [0.2, 0.25) is 0 Å². The van der Waals surface area contributed by atoms with Gasteiger partial charge in [0.05, 0.1) is 5.02 Å². The van der Waals surface area contributed by atoms with Gasteiger partial charge in [-0.3, -0.25) is 4.57 Å². The maximum absolute atomic E-state index is 14.2. The summed E-state index contributed by atoms with van der Waals surface area (Å²) < 4.78 is 20.8. The number of hydrogen-bond acceptors (Lipinski definition) is 4. The average Bonchev–Trinajstić information content (AvgIpc) is 2.86. The Labute approximate surface area is 143 Å². The zero-order valence-electron chi connectivity index (χ0n) is 13.3. The topological polar surface area (TPSA) is 60.1 Å². The summed E-state index contributed by atoms with van der Waals surface area (Å²) in [4.78, 5) is 16.1. The number of oxazole rings is 1. The van der Waals surface area contributed by atoms with Crippen molar-refractivity contribution in [2.24, 2.45) is 0 Å². The maximum atomic E-state index is 14.2. The summed E-state index contributed by atoms with van der Waals surface area (Å²) in [7, 11) is 0. The van der Waals surface area contributed by atoms with Crippen molar-refractivity contribution >= 4 is 22.8 Å². The molecule has 0 aliphatic rings. The minimum Gasteiger partial charge on any atom is -0.406 e. The van der Waals surface area contributed by atoms with Crippen LogP contribution in [0.1, 0.15) is 19.4 Å². The van der Waals surface area contributed by atoms with Gasteiger partial charge in [0.25, 0.3) is 0 Å². The number of halogens is 2. The van der Waals surface area contributed by atoms with Crippen molar-refractivity contribution in [1.82, 2.24) is 14.9 Å². The highest BCUT2D eigenvalue weighted by atomic mass is 35.5. The van der Waals surface area contributed by atoms with Gasteiger partial charge in [-0.2, -0.15) is 0 Å². The number of nitrogens with one attached hydrogen (secondary N) is 1. The van der Waals surface area contributed by atoms with E-state index < -0.39 is 17.1 Å². The smallest absolute Gasteiger partial charge is 0.406 e.